The van der Waals surface area contributed by atoms with Gasteiger partial charge in [-0.15, -0.1) is 0 Å². The molecular formula is C28H27IN2O3S. The van der Waals surface area contributed by atoms with Crippen molar-refractivity contribution in [3.05, 3.63) is 75.0 Å². The topological polar surface area (TPSA) is 50.8 Å². The van der Waals surface area contributed by atoms with Gasteiger partial charge in [0.05, 0.1) is 10.7 Å². The Hall–Kier alpha value is -2.65. The first-order valence-electron chi connectivity index (χ1n) is 11.9. The van der Waals surface area contributed by atoms with Gasteiger partial charge in [-0.1, -0.05) is 61.7 Å². The van der Waals surface area contributed by atoms with Gasteiger partial charge in [-0.25, -0.2) is 0 Å². The number of hydrogen-bond acceptors (Lipinski definition) is 4. The van der Waals surface area contributed by atoms with Gasteiger partial charge >= 0.3 is 0 Å². The maximum Gasteiger partial charge on any atom is 0.276 e. The van der Waals surface area contributed by atoms with Crippen LogP contribution < -0.4 is 14.8 Å². The number of fused-ring (bicyclic) bond motifs is 1. The third kappa shape index (κ3) is 5.02. The van der Waals surface area contributed by atoms with Gasteiger partial charge in [0.1, 0.15) is 12.3 Å². The number of benzene rings is 3. The highest BCUT2D eigenvalue weighted by Crippen LogP contribution is 2.36. The number of nitrogens with one attached hydrogen (secondary N) is 1. The SMILES string of the molecule is COc1cc(/C=C2\NC(=S)N(C3CCCCC3)C2=O)cc(I)c1OCc1cccc2ccccc12. The van der Waals surface area contributed by atoms with E-state index in [0.29, 0.717) is 28.9 Å². The molecular weight excluding hydrogens is 571 g/mol. The van der Waals surface area contributed by atoms with E-state index in [4.69, 9.17) is 21.7 Å². The first-order valence-corrected chi connectivity index (χ1v) is 13.4. The summed E-state index contributed by atoms with van der Waals surface area (Å²) >= 11 is 7.76. The molecule has 0 radical (unpaired) electrons. The van der Waals surface area contributed by atoms with Gasteiger partial charge in [-0.2, -0.15) is 0 Å². The molecule has 3 aromatic carbocycles. The van der Waals surface area contributed by atoms with Crippen LogP contribution in [0.25, 0.3) is 16.8 Å². The first kappa shape index (κ1) is 24.1. The standard InChI is InChI=1S/C28H27IN2O3S/c1-33-25-16-18(15-24-27(32)31(28(35)30-24)21-11-3-2-4-12-21)14-23(29)26(25)34-17-20-10-7-9-19-8-5-6-13-22(19)20/h5-10,13-16,21H,2-4,11-12,17H2,1H3,(H,30,35)/b24-15-. The van der Waals surface area contributed by atoms with Crippen molar-refractivity contribution in [2.45, 2.75) is 44.8 Å². The summed E-state index contributed by atoms with van der Waals surface area (Å²) < 4.78 is 12.8. The highest BCUT2D eigenvalue weighted by Gasteiger charge is 2.36. The highest BCUT2D eigenvalue weighted by molar-refractivity contribution is 14.1. The summed E-state index contributed by atoms with van der Waals surface area (Å²) in [5.41, 5.74) is 2.47. The molecule has 5 rings (SSSR count). The zero-order valence-corrected chi connectivity index (χ0v) is 22.5. The molecule has 1 amide bonds. The summed E-state index contributed by atoms with van der Waals surface area (Å²) in [6.45, 7) is 0.429. The van der Waals surface area contributed by atoms with E-state index in [9.17, 15) is 4.79 Å². The lowest BCUT2D eigenvalue weighted by Gasteiger charge is -2.29. The molecule has 0 unspecified atom stereocenters. The fraction of sp³-hybridized carbons (Fsp3) is 0.286. The van der Waals surface area contributed by atoms with E-state index in [1.807, 2.05) is 36.4 Å². The Kier molecular flexibility index (Phi) is 7.24. The summed E-state index contributed by atoms with van der Waals surface area (Å²) in [6.07, 6.45) is 7.38. The van der Waals surface area contributed by atoms with Gasteiger partial charge < -0.3 is 14.8 Å². The van der Waals surface area contributed by atoms with Crippen LogP contribution in [0.2, 0.25) is 0 Å². The van der Waals surface area contributed by atoms with E-state index >= 15 is 0 Å². The molecule has 1 saturated carbocycles. The summed E-state index contributed by atoms with van der Waals surface area (Å²) in [7, 11) is 1.63. The largest absolute Gasteiger partial charge is 0.493 e. The van der Waals surface area contributed by atoms with Crippen LogP contribution in [0.1, 0.15) is 43.2 Å². The molecule has 0 atom stereocenters. The molecule has 180 valence electrons. The van der Waals surface area contributed by atoms with Gasteiger partial charge in [0, 0.05) is 6.04 Å². The number of rotatable bonds is 6. The second kappa shape index (κ2) is 10.5. The van der Waals surface area contributed by atoms with Crippen molar-refractivity contribution in [1.82, 2.24) is 10.2 Å². The second-order valence-corrected chi connectivity index (χ2v) is 10.5. The smallest absolute Gasteiger partial charge is 0.276 e. The number of hydrogen-bond donors (Lipinski definition) is 1. The number of amides is 1. The predicted molar refractivity (Wildman–Crippen MR) is 151 cm³/mol. The van der Waals surface area contributed by atoms with Crippen molar-refractivity contribution >= 4 is 62.7 Å². The number of ether oxygens (including phenoxy) is 2. The van der Waals surface area contributed by atoms with E-state index in [1.54, 1.807) is 12.0 Å². The molecule has 7 heteroatoms. The van der Waals surface area contributed by atoms with Gasteiger partial charge in [0.25, 0.3) is 5.91 Å². The number of nitrogens with zero attached hydrogens (tertiary/aromatic N) is 1. The van der Waals surface area contributed by atoms with E-state index in [1.165, 1.54) is 17.2 Å². The normalized spacial score (nSPS) is 17.8. The average molecular weight is 599 g/mol. The van der Waals surface area contributed by atoms with Gasteiger partial charge in [0.15, 0.2) is 16.6 Å². The molecule has 3 aromatic rings. The van der Waals surface area contributed by atoms with Crippen molar-refractivity contribution in [1.29, 1.82) is 0 Å². The molecule has 0 spiro atoms. The Balaban J connectivity index is 1.37. The minimum absolute atomic E-state index is 0.0489. The first-order chi connectivity index (χ1) is 17.0. The Morgan fingerprint density at radius 1 is 1.11 bits per heavy atom. The number of halogens is 1. The van der Waals surface area contributed by atoms with Crippen LogP contribution in [0.15, 0.2) is 60.3 Å². The van der Waals surface area contributed by atoms with Crippen LogP contribution in [-0.4, -0.2) is 29.1 Å². The fourth-order valence-corrected chi connectivity index (χ4v) is 6.04. The Morgan fingerprint density at radius 3 is 2.69 bits per heavy atom. The maximum absolute atomic E-state index is 13.1. The molecule has 0 aromatic heterocycles. The van der Waals surface area contributed by atoms with Crippen LogP contribution in [0.3, 0.4) is 0 Å². The lowest BCUT2D eigenvalue weighted by molar-refractivity contribution is -0.124. The lowest BCUT2D eigenvalue weighted by atomic mass is 9.94. The monoisotopic (exact) mass is 598 g/mol. The van der Waals surface area contributed by atoms with E-state index < -0.39 is 0 Å². The number of carbonyl (C=O) groups excluding carboxylic acids is 1. The fourth-order valence-electron chi connectivity index (χ4n) is 4.92. The van der Waals surface area contributed by atoms with Crippen molar-refractivity contribution in [2.75, 3.05) is 7.11 Å². The maximum atomic E-state index is 13.1. The Labute approximate surface area is 224 Å². The molecule has 1 aliphatic carbocycles. The van der Waals surface area contributed by atoms with Crippen molar-refractivity contribution in [3.63, 3.8) is 0 Å². The van der Waals surface area contributed by atoms with Crippen LogP contribution in [0.4, 0.5) is 0 Å². The molecule has 1 N–H and O–H groups in total. The number of thiocarbonyl (C=S) groups is 1. The van der Waals surface area contributed by atoms with Crippen LogP contribution in [-0.2, 0) is 11.4 Å². The van der Waals surface area contributed by atoms with Crippen molar-refractivity contribution in [3.8, 4) is 11.5 Å². The van der Waals surface area contributed by atoms with E-state index in [2.05, 4.69) is 52.2 Å². The minimum atomic E-state index is -0.0489. The van der Waals surface area contributed by atoms with Crippen LogP contribution in [0, 0.1) is 3.57 Å². The zero-order valence-electron chi connectivity index (χ0n) is 19.6. The quantitative estimate of drug-likeness (QED) is 0.202. The Morgan fingerprint density at radius 2 is 1.89 bits per heavy atom. The molecule has 1 heterocycles. The third-order valence-electron chi connectivity index (χ3n) is 6.66. The van der Waals surface area contributed by atoms with Crippen LogP contribution >= 0.6 is 34.8 Å². The number of methoxy groups -OCH3 is 1. The van der Waals surface area contributed by atoms with E-state index in [-0.39, 0.29) is 11.9 Å². The predicted octanol–water partition coefficient (Wildman–Crippen LogP) is 6.42. The molecule has 1 saturated heterocycles. The highest BCUT2D eigenvalue weighted by atomic mass is 127. The van der Waals surface area contributed by atoms with Crippen molar-refractivity contribution in [2.24, 2.45) is 0 Å². The summed E-state index contributed by atoms with van der Waals surface area (Å²) in [6, 6.07) is 18.6. The molecule has 2 fully saturated rings. The molecule has 0 bridgehead atoms. The van der Waals surface area contributed by atoms with Crippen molar-refractivity contribution < 1.29 is 14.3 Å². The van der Waals surface area contributed by atoms with Gasteiger partial charge in [-0.3, -0.25) is 9.69 Å². The molecule has 35 heavy (non-hydrogen) atoms. The summed E-state index contributed by atoms with van der Waals surface area (Å²) in [5.74, 6) is 1.27. The second-order valence-electron chi connectivity index (χ2n) is 8.92. The average Bonchev–Trinajstić information content (AvgIpc) is 3.15. The molecule has 2 aliphatic rings. The zero-order chi connectivity index (χ0) is 24.4. The van der Waals surface area contributed by atoms with E-state index in [0.717, 1.165) is 40.4 Å². The Bertz CT molecular complexity index is 1310. The van der Waals surface area contributed by atoms with Crippen LogP contribution in [0.5, 0.6) is 11.5 Å². The molecule has 5 nitrogen and oxygen atoms in total. The third-order valence-corrected chi connectivity index (χ3v) is 7.76. The minimum Gasteiger partial charge on any atom is -0.493 e. The van der Waals surface area contributed by atoms with Gasteiger partial charge in [-0.05, 0) is 87.8 Å². The number of carbonyl (C=O) groups is 1. The van der Waals surface area contributed by atoms with Gasteiger partial charge in [0.2, 0.25) is 0 Å². The summed E-state index contributed by atoms with van der Waals surface area (Å²) in [5, 5.41) is 6.00. The summed E-state index contributed by atoms with van der Waals surface area (Å²) in [4.78, 5) is 14.9. The molecule has 1 aliphatic heterocycles. The lowest BCUT2D eigenvalue weighted by Crippen LogP contribution is -2.41.